The summed E-state index contributed by atoms with van der Waals surface area (Å²) in [5.41, 5.74) is -1.27. The van der Waals surface area contributed by atoms with Crippen molar-refractivity contribution in [3.05, 3.63) is 90.4 Å². The van der Waals surface area contributed by atoms with E-state index in [2.05, 4.69) is 20.3 Å². The van der Waals surface area contributed by atoms with Crippen molar-refractivity contribution in [2.24, 2.45) is 0 Å². The predicted molar refractivity (Wildman–Crippen MR) is 103 cm³/mol. The van der Waals surface area contributed by atoms with Gasteiger partial charge in [-0.1, -0.05) is 6.07 Å². The standard InChI is InChI=1S/C21H13F3N4O2/c22-13-2-1-3-14(23)19(13)20-15(24)4-5-16(27-20)21(29)28-17-11-26-9-7-18(17)30-12-6-8-25-10-12/h1-11,25H,(H,28,29). The van der Waals surface area contributed by atoms with E-state index in [9.17, 15) is 18.0 Å². The minimum atomic E-state index is -0.992. The molecule has 0 saturated carbocycles. The molecule has 3 aromatic heterocycles. The number of hydrogen-bond acceptors (Lipinski definition) is 4. The fraction of sp³-hybridized carbons (Fsp3) is 0. The molecule has 0 radical (unpaired) electrons. The van der Waals surface area contributed by atoms with Gasteiger partial charge in [-0.2, -0.15) is 0 Å². The molecule has 9 heteroatoms. The predicted octanol–water partition coefficient (Wildman–Crippen LogP) is 4.93. The second-order valence-electron chi connectivity index (χ2n) is 6.10. The molecule has 3 heterocycles. The first kappa shape index (κ1) is 19.2. The Morgan fingerprint density at radius 1 is 1.00 bits per heavy atom. The van der Waals surface area contributed by atoms with Crippen LogP contribution >= 0.6 is 0 Å². The molecule has 1 aromatic carbocycles. The number of ether oxygens (including phenoxy) is 1. The molecule has 150 valence electrons. The monoisotopic (exact) mass is 410 g/mol. The Balaban J connectivity index is 1.64. The first-order chi connectivity index (χ1) is 14.5. The lowest BCUT2D eigenvalue weighted by Gasteiger charge is -2.11. The summed E-state index contributed by atoms with van der Waals surface area (Å²) >= 11 is 0. The molecule has 0 unspecified atom stereocenters. The first-order valence-corrected chi connectivity index (χ1v) is 8.70. The Labute approximate surface area is 168 Å². The average molecular weight is 410 g/mol. The van der Waals surface area contributed by atoms with Crippen LogP contribution in [0.15, 0.2) is 67.3 Å². The summed E-state index contributed by atoms with van der Waals surface area (Å²) in [4.78, 5) is 23.3. The third kappa shape index (κ3) is 3.86. The largest absolute Gasteiger partial charge is 0.453 e. The van der Waals surface area contributed by atoms with E-state index >= 15 is 0 Å². The highest BCUT2D eigenvalue weighted by atomic mass is 19.1. The number of carbonyl (C=O) groups is 1. The Morgan fingerprint density at radius 3 is 2.53 bits per heavy atom. The summed E-state index contributed by atoms with van der Waals surface area (Å²) in [5, 5.41) is 2.56. The number of hydrogen-bond donors (Lipinski definition) is 2. The van der Waals surface area contributed by atoms with E-state index in [0.29, 0.717) is 11.5 Å². The van der Waals surface area contributed by atoms with Crippen LogP contribution in [-0.4, -0.2) is 20.9 Å². The molecule has 1 amide bonds. The second kappa shape index (κ2) is 8.08. The maximum absolute atomic E-state index is 14.2. The SMILES string of the molecule is O=C(Nc1cnccc1Oc1cc[nH]c1)c1ccc(F)c(-c2c(F)cccc2F)n1. The van der Waals surface area contributed by atoms with Crippen molar-refractivity contribution in [3.8, 4) is 22.8 Å². The Kier molecular flexibility index (Phi) is 5.17. The van der Waals surface area contributed by atoms with E-state index in [-0.39, 0.29) is 11.4 Å². The lowest BCUT2D eigenvalue weighted by molar-refractivity contribution is 0.102. The summed E-state index contributed by atoms with van der Waals surface area (Å²) < 4.78 is 48.0. The fourth-order valence-corrected chi connectivity index (χ4v) is 2.72. The molecule has 2 N–H and O–H groups in total. The van der Waals surface area contributed by atoms with E-state index in [0.717, 1.165) is 30.3 Å². The van der Waals surface area contributed by atoms with Gasteiger partial charge in [0.15, 0.2) is 5.75 Å². The maximum atomic E-state index is 14.2. The van der Waals surface area contributed by atoms with Crippen LogP contribution < -0.4 is 10.1 Å². The number of rotatable bonds is 5. The molecule has 4 rings (SSSR count). The van der Waals surface area contributed by atoms with Crippen LogP contribution in [-0.2, 0) is 0 Å². The van der Waals surface area contributed by atoms with Crippen LogP contribution in [0.4, 0.5) is 18.9 Å². The number of aromatic amines is 1. The molecule has 0 aliphatic rings. The average Bonchev–Trinajstić information content (AvgIpc) is 3.24. The quantitative estimate of drug-likeness (QED) is 0.489. The second-order valence-corrected chi connectivity index (χ2v) is 6.10. The number of halogens is 3. The van der Waals surface area contributed by atoms with Gasteiger partial charge in [0.1, 0.15) is 40.3 Å². The van der Waals surface area contributed by atoms with Crippen LogP contribution in [0.5, 0.6) is 11.5 Å². The molecular weight excluding hydrogens is 397 g/mol. The third-order valence-electron chi connectivity index (χ3n) is 4.10. The number of H-pyrrole nitrogens is 1. The van der Waals surface area contributed by atoms with Gasteiger partial charge in [-0.3, -0.25) is 9.78 Å². The third-order valence-corrected chi connectivity index (χ3v) is 4.10. The van der Waals surface area contributed by atoms with Gasteiger partial charge in [0.25, 0.3) is 5.91 Å². The molecule has 0 atom stereocenters. The van der Waals surface area contributed by atoms with Crippen molar-refractivity contribution in [1.29, 1.82) is 0 Å². The Hall–Kier alpha value is -4.14. The number of benzene rings is 1. The molecule has 30 heavy (non-hydrogen) atoms. The van der Waals surface area contributed by atoms with Gasteiger partial charge in [-0.05, 0) is 30.3 Å². The molecule has 4 aromatic rings. The first-order valence-electron chi connectivity index (χ1n) is 8.70. The number of carbonyl (C=O) groups excluding carboxylic acids is 1. The fourth-order valence-electron chi connectivity index (χ4n) is 2.72. The number of aromatic nitrogens is 3. The summed E-state index contributed by atoms with van der Waals surface area (Å²) in [7, 11) is 0. The maximum Gasteiger partial charge on any atom is 0.274 e. The lowest BCUT2D eigenvalue weighted by atomic mass is 10.1. The normalized spacial score (nSPS) is 10.6. The molecule has 0 bridgehead atoms. The van der Waals surface area contributed by atoms with Crippen molar-refractivity contribution in [3.63, 3.8) is 0 Å². The van der Waals surface area contributed by atoms with Gasteiger partial charge in [0.2, 0.25) is 0 Å². The van der Waals surface area contributed by atoms with E-state index in [1.165, 1.54) is 12.4 Å². The van der Waals surface area contributed by atoms with Crippen LogP contribution in [0.1, 0.15) is 10.5 Å². The van der Waals surface area contributed by atoms with E-state index in [4.69, 9.17) is 4.74 Å². The summed E-state index contributed by atoms with van der Waals surface area (Å²) in [6, 6.07) is 8.36. The minimum Gasteiger partial charge on any atom is -0.453 e. The molecule has 0 aliphatic heterocycles. The summed E-state index contributed by atoms with van der Waals surface area (Å²) in [6.45, 7) is 0. The molecule has 0 aliphatic carbocycles. The highest BCUT2D eigenvalue weighted by Crippen LogP contribution is 2.30. The molecule has 0 spiro atoms. The van der Waals surface area contributed by atoms with Crippen LogP contribution in [0.3, 0.4) is 0 Å². The number of pyridine rings is 2. The molecular formula is C21H13F3N4O2. The number of anilines is 1. The van der Waals surface area contributed by atoms with Crippen molar-refractivity contribution in [2.75, 3.05) is 5.32 Å². The number of nitrogens with zero attached hydrogens (tertiary/aromatic N) is 2. The van der Waals surface area contributed by atoms with Gasteiger partial charge >= 0.3 is 0 Å². The number of nitrogens with one attached hydrogen (secondary N) is 2. The van der Waals surface area contributed by atoms with Crippen LogP contribution in [0.2, 0.25) is 0 Å². The van der Waals surface area contributed by atoms with E-state index in [1.807, 2.05) is 0 Å². The van der Waals surface area contributed by atoms with Crippen molar-refractivity contribution < 1.29 is 22.7 Å². The van der Waals surface area contributed by atoms with Gasteiger partial charge in [0, 0.05) is 24.7 Å². The topological polar surface area (TPSA) is 79.9 Å². The highest BCUT2D eigenvalue weighted by Gasteiger charge is 2.20. The summed E-state index contributed by atoms with van der Waals surface area (Å²) in [5.74, 6) is -2.87. The molecule has 0 fully saturated rings. The smallest absolute Gasteiger partial charge is 0.274 e. The minimum absolute atomic E-state index is 0.230. The van der Waals surface area contributed by atoms with E-state index in [1.54, 1.807) is 24.5 Å². The zero-order valence-electron chi connectivity index (χ0n) is 15.2. The highest BCUT2D eigenvalue weighted by molar-refractivity contribution is 6.03. The Morgan fingerprint density at radius 2 is 1.80 bits per heavy atom. The van der Waals surface area contributed by atoms with Crippen molar-refractivity contribution in [2.45, 2.75) is 0 Å². The zero-order chi connectivity index (χ0) is 21.1. The summed E-state index contributed by atoms with van der Waals surface area (Å²) in [6.07, 6.45) is 6.12. The zero-order valence-corrected chi connectivity index (χ0v) is 15.2. The van der Waals surface area contributed by atoms with Gasteiger partial charge in [-0.15, -0.1) is 0 Å². The lowest BCUT2D eigenvalue weighted by Crippen LogP contribution is -2.15. The van der Waals surface area contributed by atoms with Gasteiger partial charge in [-0.25, -0.2) is 18.2 Å². The van der Waals surface area contributed by atoms with Crippen LogP contribution in [0, 0.1) is 17.5 Å². The van der Waals surface area contributed by atoms with Gasteiger partial charge < -0.3 is 15.0 Å². The van der Waals surface area contributed by atoms with Gasteiger partial charge in [0.05, 0.1) is 11.8 Å². The van der Waals surface area contributed by atoms with E-state index < -0.39 is 34.6 Å². The molecule has 0 saturated heterocycles. The number of amides is 1. The molecule has 6 nitrogen and oxygen atoms in total. The Bertz CT molecular complexity index is 1190. The van der Waals surface area contributed by atoms with Crippen molar-refractivity contribution >= 4 is 11.6 Å². The van der Waals surface area contributed by atoms with Crippen molar-refractivity contribution in [1.82, 2.24) is 15.0 Å². The van der Waals surface area contributed by atoms with Crippen LogP contribution in [0.25, 0.3) is 11.3 Å².